The molecule has 0 bridgehead atoms. The van der Waals surface area contributed by atoms with Crippen molar-refractivity contribution in [2.45, 2.75) is 50.4 Å². The van der Waals surface area contributed by atoms with E-state index in [1.165, 1.54) is 6.92 Å². The normalized spacial score (nSPS) is 14.6. The number of aromatic nitrogens is 1. The molecule has 0 aliphatic carbocycles. The second-order valence-electron chi connectivity index (χ2n) is 7.75. The standard InChI is InChI=1S/C21H31N7O5/c1-11(29)17(20(32)33)28-19(31)16(7-4-8-25-21(23)24)27-18(30)14(22)9-12-10-26-15-6-3-2-5-13(12)15/h2-3,5-6,10-11,14,16-17,26,29H,4,7-9,22H2,1H3,(H,27,30)(H,28,31)(H,32,33)(H4,23,24,25). The Bertz CT molecular complexity index is 1000. The lowest BCUT2D eigenvalue weighted by Crippen LogP contribution is -2.56. The third-order valence-corrected chi connectivity index (χ3v) is 5.08. The summed E-state index contributed by atoms with van der Waals surface area (Å²) in [6.07, 6.45) is 1.12. The van der Waals surface area contributed by atoms with Crippen LogP contribution in [0, 0.1) is 0 Å². The van der Waals surface area contributed by atoms with Crippen LogP contribution in [0.1, 0.15) is 25.3 Å². The number of nitrogens with one attached hydrogen (secondary N) is 3. The fraction of sp³-hybridized carbons (Fsp3) is 0.429. The second kappa shape index (κ2) is 11.8. The number of carboxylic acids is 1. The summed E-state index contributed by atoms with van der Waals surface area (Å²) < 4.78 is 0. The van der Waals surface area contributed by atoms with Crippen molar-refractivity contribution in [2.75, 3.05) is 6.54 Å². The summed E-state index contributed by atoms with van der Waals surface area (Å²) in [6.45, 7) is 1.45. The number of guanidine groups is 1. The van der Waals surface area contributed by atoms with E-state index in [4.69, 9.17) is 17.2 Å². The van der Waals surface area contributed by atoms with E-state index in [1.54, 1.807) is 6.20 Å². The summed E-state index contributed by atoms with van der Waals surface area (Å²) in [4.78, 5) is 43.7. The molecule has 1 heterocycles. The van der Waals surface area contributed by atoms with E-state index >= 15 is 0 Å². The van der Waals surface area contributed by atoms with Crippen LogP contribution in [-0.2, 0) is 20.8 Å². The van der Waals surface area contributed by atoms with Crippen LogP contribution in [0.5, 0.6) is 0 Å². The van der Waals surface area contributed by atoms with Crippen molar-refractivity contribution >= 4 is 34.6 Å². The minimum Gasteiger partial charge on any atom is -0.480 e. The van der Waals surface area contributed by atoms with Gasteiger partial charge in [0.05, 0.1) is 12.1 Å². The zero-order valence-corrected chi connectivity index (χ0v) is 18.3. The largest absolute Gasteiger partial charge is 0.480 e. The quantitative estimate of drug-likeness (QED) is 0.105. The predicted molar refractivity (Wildman–Crippen MR) is 123 cm³/mol. The van der Waals surface area contributed by atoms with Crippen molar-refractivity contribution in [1.29, 1.82) is 0 Å². The zero-order valence-electron chi connectivity index (χ0n) is 18.3. The number of H-pyrrole nitrogens is 1. The molecule has 2 amide bonds. The van der Waals surface area contributed by atoms with Gasteiger partial charge in [-0.25, -0.2) is 4.79 Å². The number of aromatic amines is 1. The van der Waals surface area contributed by atoms with Gasteiger partial charge in [0.2, 0.25) is 11.8 Å². The zero-order chi connectivity index (χ0) is 24.5. The fourth-order valence-corrected chi connectivity index (χ4v) is 3.32. The molecule has 0 spiro atoms. The highest BCUT2D eigenvalue weighted by molar-refractivity contribution is 5.92. The van der Waals surface area contributed by atoms with E-state index in [2.05, 4.69) is 20.6 Å². The van der Waals surface area contributed by atoms with Crippen molar-refractivity contribution in [3.63, 3.8) is 0 Å². The number of amides is 2. The third kappa shape index (κ3) is 7.47. The number of para-hydroxylation sites is 1. The molecule has 0 fully saturated rings. The topological polar surface area (TPSA) is 222 Å². The molecule has 12 nitrogen and oxygen atoms in total. The average molecular weight is 462 g/mol. The number of carboxylic acid groups (broad SMARTS) is 1. The lowest BCUT2D eigenvalue weighted by Gasteiger charge is -2.24. The molecular weight excluding hydrogens is 430 g/mol. The highest BCUT2D eigenvalue weighted by Crippen LogP contribution is 2.18. The van der Waals surface area contributed by atoms with Crippen LogP contribution in [0.4, 0.5) is 0 Å². The number of aliphatic imine (C=N–C) groups is 1. The Kier molecular flexibility index (Phi) is 9.18. The molecule has 4 atom stereocenters. The van der Waals surface area contributed by atoms with Crippen molar-refractivity contribution in [2.24, 2.45) is 22.2 Å². The highest BCUT2D eigenvalue weighted by Gasteiger charge is 2.30. The summed E-state index contributed by atoms with van der Waals surface area (Å²) in [5.74, 6) is -2.85. The number of aliphatic carboxylic acids is 1. The van der Waals surface area contributed by atoms with Gasteiger partial charge in [-0.1, -0.05) is 18.2 Å². The minimum atomic E-state index is -1.53. The van der Waals surface area contributed by atoms with Crippen molar-refractivity contribution in [3.05, 3.63) is 36.0 Å². The highest BCUT2D eigenvalue weighted by atomic mass is 16.4. The van der Waals surface area contributed by atoms with Crippen LogP contribution in [-0.4, -0.2) is 69.7 Å². The lowest BCUT2D eigenvalue weighted by molar-refractivity contribution is -0.145. The summed E-state index contributed by atoms with van der Waals surface area (Å²) in [6, 6.07) is 4.00. The molecule has 0 radical (unpaired) electrons. The molecular formula is C21H31N7O5. The fourth-order valence-electron chi connectivity index (χ4n) is 3.32. The Hall–Kier alpha value is -3.64. The maximum Gasteiger partial charge on any atom is 0.328 e. The van der Waals surface area contributed by atoms with Crippen LogP contribution in [0.25, 0.3) is 10.9 Å². The summed E-state index contributed by atoms with van der Waals surface area (Å²) in [5, 5.41) is 24.6. The van der Waals surface area contributed by atoms with Gasteiger partial charge in [-0.05, 0) is 37.8 Å². The molecule has 180 valence electrons. The number of benzene rings is 1. The molecule has 12 heteroatoms. The van der Waals surface area contributed by atoms with E-state index in [0.29, 0.717) is 6.42 Å². The number of aliphatic hydroxyl groups is 1. The van der Waals surface area contributed by atoms with Gasteiger partial charge < -0.3 is 43.0 Å². The number of rotatable bonds is 12. The molecule has 2 aromatic rings. The van der Waals surface area contributed by atoms with Gasteiger partial charge in [-0.2, -0.15) is 0 Å². The van der Waals surface area contributed by atoms with Gasteiger partial charge in [-0.15, -0.1) is 0 Å². The van der Waals surface area contributed by atoms with Gasteiger partial charge in [0.25, 0.3) is 0 Å². The van der Waals surface area contributed by atoms with Crippen molar-refractivity contribution < 1.29 is 24.6 Å². The van der Waals surface area contributed by atoms with Crippen LogP contribution in [0.15, 0.2) is 35.5 Å². The number of hydrogen-bond acceptors (Lipinski definition) is 6. The molecule has 4 unspecified atom stereocenters. The predicted octanol–water partition coefficient (Wildman–Crippen LogP) is -1.47. The summed E-state index contributed by atoms with van der Waals surface area (Å²) in [7, 11) is 0. The first kappa shape index (κ1) is 25.6. The van der Waals surface area contributed by atoms with Crippen LogP contribution in [0.3, 0.4) is 0 Å². The van der Waals surface area contributed by atoms with Crippen molar-refractivity contribution in [1.82, 2.24) is 15.6 Å². The molecule has 11 N–H and O–H groups in total. The summed E-state index contributed by atoms with van der Waals surface area (Å²) >= 11 is 0. The number of hydrogen-bond donors (Lipinski definition) is 8. The van der Waals surface area contributed by atoms with E-state index in [0.717, 1.165) is 16.5 Å². The smallest absolute Gasteiger partial charge is 0.328 e. The maximum absolute atomic E-state index is 12.8. The molecule has 0 aliphatic heterocycles. The monoisotopic (exact) mass is 461 g/mol. The Labute approximate surface area is 190 Å². The third-order valence-electron chi connectivity index (χ3n) is 5.08. The second-order valence-corrected chi connectivity index (χ2v) is 7.75. The molecule has 1 aromatic heterocycles. The Morgan fingerprint density at radius 2 is 1.85 bits per heavy atom. The first-order valence-electron chi connectivity index (χ1n) is 10.5. The van der Waals surface area contributed by atoms with E-state index in [-0.39, 0.29) is 25.3 Å². The Morgan fingerprint density at radius 3 is 2.48 bits per heavy atom. The van der Waals surface area contributed by atoms with Crippen LogP contribution < -0.4 is 27.8 Å². The minimum absolute atomic E-state index is 0.110. The Balaban J connectivity index is 2.08. The lowest BCUT2D eigenvalue weighted by atomic mass is 10.0. The van der Waals surface area contributed by atoms with Crippen LogP contribution in [0.2, 0.25) is 0 Å². The van der Waals surface area contributed by atoms with Crippen molar-refractivity contribution in [3.8, 4) is 0 Å². The molecule has 0 saturated carbocycles. The first-order valence-corrected chi connectivity index (χ1v) is 10.5. The number of aliphatic hydroxyl groups excluding tert-OH is 1. The first-order chi connectivity index (χ1) is 15.6. The van der Waals surface area contributed by atoms with E-state index < -0.39 is 42.0 Å². The number of carbonyl (C=O) groups excluding carboxylic acids is 2. The Morgan fingerprint density at radius 1 is 1.15 bits per heavy atom. The van der Waals surface area contributed by atoms with Gasteiger partial charge in [-0.3, -0.25) is 14.6 Å². The molecule has 33 heavy (non-hydrogen) atoms. The van der Waals surface area contributed by atoms with Gasteiger partial charge in [0.15, 0.2) is 12.0 Å². The number of nitrogens with zero attached hydrogens (tertiary/aromatic N) is 1. The average Bonchev–Trinajstić information content (AvgIpc) is 3.15. The van der Waals surface area contributed by atoms with Gasteiger partial charge >= 0.3 is 5.97 Å². The SMILES string of the molecule is CC(O)C(NC(=O)C(CCCN=C(N)N)NC(=O)C(N)Cc1c[nH]c2ccccc12)C(=O)O. The molecule has 1 aromatic carbocycles. The number of carbonyl (C=O) groups is 3. The number of fused-ring (bicyclic) bond motifs is 1. The molecule has 2 rings (SSSR count). The molecule has 0 aliphatic rings. The molecule has 0 saturated heterocycles. The maximum atomic E-state index is 12.8. The number of nitrogens with two attached hydrogens (primary N) is 3. The summed E-state index contributed by atoms with van der Waals surface area (Å²) in [5.41, 5.74) is 18.4. The van der Waals surface area contributed by atoms with E-state index in [9.17, 15) is 24.6 Å². The van der Waals surface area contributed by atoms with Crippen LogP contribution >= 0.6 is 0 Å². The van der Waals surface area contributed by atoms with Gasteiger partial charge in [0.1, 0.15) is 6.04 Å². The van der Waals surface area contributed by atoms with Gasteiger partial charge in [0, 0.05) is 23.6 Å². The van der Waals surface area contributed by atoms with E-state index in [1.807, 2.05) is 24.3 Å².